The molecule has 0 aromatic heterocycles. The Morgan fingerprint density at radius 2 is 1.81 bits per heavy atom. The van der Waals surface area contributed by atoms with E-state index in [4.69, 9.17) is 10.5 Å². The molecule has 16 heavy (non-hydrogen) atoms. The van der Waals surface area contributed by atoms with Gasteiger partial charge in [0.05, 0.1) is 12.6 Å². The molecule has 0 heterocycles. The van der Waals surface area contributed by atoms with Crippen molar-refractivity contribution in [2.75, 3.05) is 7.11 Å². The van der Waals surface area contributed by atoms with Crippen molar-refractivity contribution < 1.29 is 4.74 Å². The first-order valence-corrected chi connectivity index (χ1v) is 5.31. The van der Waals surface area contributed by atoms with E-state index in [9.17, 15) is 0 Å². The largest absolute Gasteiger partial charge is 0.496 e. The molecule has 0 spiro atoms. The summed E-state index contributed by atoms with van der Waals surface area (Å²) < 4.78 is 5.25. The van der Waals surface area contributed by atoms with Gasteiger partial charge in [0.15, 0.2) is 0 Å². The lowest BCUT2D eigenvalue weighted by atomic mass is 10.0. The maximum absolute atomic E-state index is 5.83. The lowest BCUT2D eigenvalue weighted by molar-refractivity contribution is 0.411. The Morgan fingerprint density at radius 3 is 2.31 bits per heavy atom. The van der Waals surface area contributed by atoms with Crippen LogP contribution in [0.25, 0.3) is 0 Å². The average molecular weight is 217 g/mol. The summed E-state index contributed by atoms with van der Waals surface area (Å²) >= 11 is 0. The zero-order valence-corrected chi connectivity index (χ0v) is 10.6. The molecule has 2 N–H and O–H groups in total. The van der Waals surface area contributed by atoms with E-state index in [1.165, 1.54) is 0 Å². The van der Waals surface area contributed by atoms with Crippen LogP contribution < -0.4 is 10.5 Å². The number of rotatable bonds is 1. The number of aryl methyl sites for hydroxylation is 2. The van der Waals surface area contributed by atoms with Crippen LogP contribution in [0, 0.1) is 25.7 Å². The van der Waals surface area contributed by atoms with Gasteiger partial charge in [-0.3, -0.25) is 0 Å². The molecule has 0 atom stereocenters. The molecule has 0 radical (unpaired) electrons. The van der Waals surface area contributed by atoms with Crippen molar-refractivity contribution in [3.8, 4) is 17.6 Å². The van der Waals surface area contributed by atoms with Gasteiger partial charge in [-0.05, 0) is 51.0 Å². The van der Waals surface area contributed by atoms with E-state index in [-0.39, 0.29) is 0 Å². The maximum atomic E-state index is 5.83. The summed E-state index contributed by atoms with van der Waals surface area (Å²) in [4.78, 5) is 0. The van der Waals surface area contributed by atoms with Gasteiger partial charge in [-0.1, -0.05) is 11.8 Å². The molecule has 0 amide bonds. The van der Waals surface area contributed by atoms with Gasteiger partial charge in [-0.25, -0.2) is 0 Å². The minimum Gasteiger partial charge on any atom is -0.496 e. The Bertz CT molecular complexity index is 444. The molecule has 0 unspecified atom stereocenters. The highest BCUT2D eigenvalue weighted by atomic mass is 16.5. The minimum atomic E-state index is -0.458. The second-order valence-electron chi connectivity index (χ2n) is 4.61. The summed E-state index contributed by atoms with van der Waals surface area (Å²) in [5.41, 5.74) is 8.58. The summed E-state index contributed by atoms with van der Waals surface area (Å²) in [6, 6.07) is 4.04. The molecule has 2 nitrogen and oxygen atoms in total. The molecule has 1 rings (SSSR count). The number of methoxy groups -OCH3 is 1. The first-order valence-electron chi connectivity index (χ1n) is 5.31. The van der Waals surface area contributed by atoms with Gasteiger partial charge >= 0.3 is 0 Å². The maximum Gasteiger partial charge on any atom is 0.122 e. The van der Waals surface area contributed by atoms with Crippen LogP contribution in [0.3, 0.4) is 0 Å². The van der Waals surface area contributed by atoms with Crippen LogP contribution in [-0.2, 0) is 0 Å². The Hall–Kier alpha value is -1.46. The monoisotopic (exact) mass is 217 g/mol. The van der Waals surface area contributed by atoms with E-state index in [1.54, 1.807) is 7.11 Å². The number of hydrogen-bond acceptors (Lipinski definition) is 2. The summed E-state index contributed by atoms with van der Waals surface area (Å²) in [5, 5.41) is 0. The first-order chi connectivity index (χ1) is 7.33. The van der Waals surface area contributed by atoms with Crippen LogP contribution in [0.5, 0.6) is 5.75 Å². The van der Waals surface area contributed by atoms with Gasteiger partial charge in [-0.2, -0.15) is 0 Å². The molecule has 2 heteroatoms. The van der Waals surface area contributed by atoms with Crippen LogP contribution in [0.15, 0.2) is 12.1 Å². The normalized spacial score (nSPS) is 10.6. The van der Waals surface area contributed by atoms with Gasteiger partial charge in [-0.15, -0.1) is 0 Å². The predicted molar refractivity (Wildman–Crippen MR) is 67.6 cm³/mol. The zero-order chi connectivity index (χ0) is 12.3. The molecule has 1 aromatic rings. The molecule has 1 aromatic carbocycles. The lowest BCUT2D eigenvalue weighted by Crippen LogP contribution is -2.29. The Balaban J connectivity index is 3.16. The van der Waals surface area contributed by atoms with Gasteiger partial charge in [0.25, 0.3) is 0 Å². The average Bonchev–Trinajstić information content (AvgIpc) is 2.17. The summed E-state index contributed by atoms with van der Waals surface area (Å²) in [5.74, 6) is 7.04. The highest BCUT2D eigenvalue weighted by Gasteiger charge is 2.06. The highest BCUT2D eigenvalue weighted by molar-refractivity contribution is 5.49. The third-order valence-electron chi connectivity index (χ3n) is 2.26. The molecular weight excluding hydrogens is 198 g/mol. The molecule has 0 bridgehead atoms. The fourth-order valence-electron chi connectivity index (χ4n) is 1.37. The van der Waals surface area contributed by atoms with Gasteiger partial charge < -0.3 is 10.5 Å². The van der Waals surface area contributed by atoms with Crippen molar-refractivity contribution in [1.82, 2.24) is 0 Å². The van der Waals surface area contributed by atoms with Gasteiger partial charge in [0, 0.05) is 5.56 Å². The number of benzene rings is 1. The van der Waals surface area contributed by atoms with Crippen molar-refractivity contribution in [3.63, 3.8) is 0 Å². The van der Waals surface area contributed by atoms with E-state index in [0.717, 1.165) is 22.4 Å². The van der Waals surface area contributed by atoms with Crippen LogP contribution in [0.4, 0.5) is 0 Å². The number of hydrogen-bond donors (Lipinski definition) is 1. The SMILES string of the molecule is COc1cc(C)c(C#CC(C)(C)N)cc1C. The summed E-state index contributed by atoms with van der Waals surface area (Å²) in [6.45, 7) is 7.82. The Morgan fingerprint density at radius 1 is 1.19 bits per heavy atom. The van der Waals surface area contributed by atoms with E-state index < -0.39 is 5.54 Å². The van der Waals surface area contributed by atoms with Crippen molar-refractivity contribution in [3.05, 3.63) is 28.8 Å². The molecule has 0 aliphatic rings. The fraction of sp³-hybridized carbons (Fsp3) is 0.429. The van der Waals surface area contributed by atoms with E-state index in [1.807, 2.05) is 39.8 Å². The summed E-state index contributed by atoms with van der Waals surface area (Å²) in [7, 11) is 1.68. The van der Waals surface area contributed by atoms with E-state index in [2.05, 4.69) is 11.8 Å². The van der Waals surface area contributed by atoms with Crippen LogP contribution >= 0.6 is 0 Å². The number of nitrogens with two attached hydrogens (primary N) is 1. The molecule has 86 valence electrons. The minimum absolute atomic E-state index is 0.458. The van der Waals surface area contributed by atoms with Gasteiger partial charge in [0.1, 0.15) is 5.75 Å². The van der Waals surface area contributed by atoms with Crippen molar-refractivity contribution >= 4 is 0 Å². The Kier molecular flexibility index (Phi) is 3.62. The summed E-state index contributed by atoms with van der Waals surface area (Å²) in [6.07, 6.45) is 0. The highest BCUT2D eigenvalue weighted by Crippen LogP contribution is 2.21. The molecular formula is C14H19NO. The molecule has 0 saturated heterocycles. The number of ether oxygens (including phenoxy) is 1. The topological polar surface area (TPSA) is 35.2 Å². The standard InChI is InChI=1S/C14H19NO/c1-10-9-13(16-5)11(2)8-12(10)6-7-14(3,4)15/h8-9H,15H2,1-5H3. The Labute approximate surface area is 97.8 Å². The molecule has 0 aliphatic heterocycles. The van der Waals surface area contributed by atoms with Gasteiger partial charge in [0.2, 0.25) is 0 Å². The quantitative estimate of drug-likeness (QED) is 0.733. The molecule has 0 aliphatic carbocycles. The third-order valence-corrected chi connectivity index (χ3v) is 2.26. The molecule has 0 saturated carbocycles. The van der Waals surface area contributed by atoms with Crippen LogP contribution in [-0.4, -0.2) is 12.6 Å². The second-order valence-corrected chi connectivity index (χ2v) is 4.61. The van der Waals surface area contributed by atoms with E-state index >= 15 is 0 Å². The lowest BCUT2D eigenvalue weighted by Gasteiger charge is -2.09. The van der Waals surface area contributed by atoms with Crippen molar-refractivity contribution in [2.45, 2.75) is 33.2 Å². The third kappa shape index (κ3) is 3.29. The fourth-order valence-corrected chi connectivity index (χ4v) is 1.37. The molecule has 0 fully saturated rings. The zero-order valence-electron chi connectivity index (χ0n) is 10.6. The second kappa shape index (κ2) is 4.59. The predicted octanol–water partition coefficient (Wildman–Crippen LogP) is 2.40. The van der Waals surface area contributed by atoms with Crippen molar-refractivity contribution in [2.24, 2.45) is 5.73 Å². The van der Waals surface area contributed by atoms with Crippen LogP contribution in [0.2, 0.25) is 0 Å². The first kappa shape index (κ1) is 12.6. The van der Waals surface area contributed by atoms with E-state index in [0.29, 0.717) is 0 Å². The smallest absolute Gasteiger partial charge is 0.122 e. The van der Waals surface area contributed by atoms with Crippen LogP contribution in [0.1, 0.15) is 30.5 Å². The van der Waals surface area contributed by atoms with Crippen molar-refractivity contribution in [1.29, 1.82) is 0 Å².